The molecule has 0 atom stereocenters. The molecule has 0 bridgehead atoms. The molecule has 0 unspecified atom stereocenters. The van der Waals surface area contributed by atoms with Gasteiger partial charge >= 0.3 is 0 Å². The van der Waals surface area contributed by atoms with Crippen LogP contribution < -0.4 is 9.62 Å². The molecule has 1 amide bonds. The summed E-state index contributed by atoms with van der Waals surface area (Å²) in [6.45, 7) is -0.325. The Balaban J connectivity index is 2.18. The number of carbonyl (C=O) groups is 1. The summed E-state index contributed by atoms with van der Waals surface area (Å²) in [6, 6.07) is 15.2. The molecule has 0 fully saturated rings. The number of hydrogen-bond acceptors (Lipinski definition) is 3. The number of nitrogens with zero attached hydrogens (tertiary/aromatic N) is 1. The second-order valence-electron chi connectivity index (χ2n) is 4.63. The predicted molar refractivity (Wildman–Crippen MR) is 88.7 cm³/mol. The normalized spacial score (nSPS) is 11.0. The largest absolute Gasteiger partial charge is 0.323 e. The minimum Gasteiger partial charge on any atom is -0.323 e. The molecule has 0 aliphatic carbocycles. The van der Waals surface area contributed by atoms with Crippen molar-refractivity contribution in [2.24, 2.45) is 0 Å². The molecule has 2 aromatic carbocycles. The van der Waals surface area contributed by atoms with Crippen LogP contribution in [0.5, 0.6) is 0 Å². The lowest BCUT2D eigenvalue weighted by Crippen LogP contribution is -2.37. The molecular weight excluding hydrogens is 324 g/mol. The van der Waals surface area contributed by atoms with Crippen molar-refractivity contribution in [1.82, 2.24) is 0 Å². The van der Waals surface area contributed by atoms with Crippen LogP contribution in [0.1, 0.15) is 0 Å². The van der Waals surface area contributed by atoms with E-state index in [4.69, 9.17) is 11.6 Å². The molecule has 22 heavy (non-hydrogen) atoms. The fourth-order valence-corrected chi connectivity index (χ4v) is 2.92. The zero-order valence-corrected chi connectivity index (χ0v) is 13.4. The maximum absolute atomic E-state index is 12.1. The lowest BCUT2D eigenvalue weighted by atomic mass is 10.3. The summed E-state index contributed by atoms with van der Waals surface area (Å²) in [5, 5.41) is 3.00. The number of hydrogen-bond donors (Lipinski definition) is 1. The Morgan fingerprint density at radius 1 is 1.09 bits per heavy atom. The van der Waals surface area contributed by atoms with Gasteiger partial charge < -0.3 is 5.32 Å². The van der Waals surface area contributed by atoms with Crippen molar-refractivity contribution in [3.8, 4) is 0 Å². The maximum Gasteiger partial charge on any atom is 0.245 e. The SMILES string of the molecule is CS(=O)(=O)N(CC(=O)Nc1ccccc1Cl)c1ccccc1. The third kappa shape index (κ3) is 4.22. The van der Waals surface area contributed by atoms with Crippen LogP contribution in [0.15, 0.2) is 54.6 Å². The highest BCUT2D eigenvalue weighted by molar-refractivity contribution is 7.92. The highest BCUT2D eigenvalue weighted by atomic mass is 35.5. The van der Waals surface area contributed by atoms with Crippen molar-refractivity contribution >= 4 is 38.9 Å². The maximum atomic E-state index is 12.1. The predicted octanol–water partition coefficient (Wildman–Crippen LogP) is 2.74. The Labute approximate surface area is 134 Å². The first kappa shape index (κ1) is 16.3. The molecule has 0 aromatic heterocycles. The lowest BCUT2D eigenvalue weighted by molar-refractivity contribution is -0.114. The molecule has 1 N–H and O–H groups in total. The quantitative estimate of drug-likeness (QED) is 0.911. The van der Waals surface area contributed by atoms with Crippen molar-refractivity contribution in [2.75, 3.05) is 22.4 Å². The van der Waals surface area contributed by atoms with Gasteiger partial charge in [0.15, 0.2) is 0 Å². The number of para-hydroxylation sites is 2. The summed E-state index contributed by atoms with van der Waals surface area (Å²) in [7, 11) is -3.58. The molecule has 0 heterocycles. The van der Waals surface area contributed by atoms with E-state index in [1.807, 2.05) is 0 Å². The number of nitrogens with one attached hydrogen (secondary N) is 1. The number of carbonyl (C=O) groups excluding carboxylic acids is 1. The molecule has 2 rings (SSSR count). The highest BCUT2D eigenvalue weighted by Crippen LogP contribution is 2.21. The van der Waals surface area contributed by atoms with E-state index in [0.717, 1.165) is 10.6 Å². The van der Waals surface area contributed by atoms with Gasteiger partial charge in [-0.05, 0) is 24.3 Å². The van der Waals surface area contributed by atoms with Gasteiger partial charge in [0, 0.05) is 0 Å². The zero-order chi connectivity index (χ0) is 16.2. The summed E-state index contributed by atoms with van der Waals surface area (Å²) in [4.78, 5) is 12.1. The average Bonchev–Trinajstić information content (AvgIpc) is 2.47. The van der Waals surface area contributed by atoms with E-state index in [9.17, 15) is 13.2 Å². The first-order valence-corrected chi connectivity index (χ1v) is 8.67. The van der Waals surface area contributed by atoms with Crippen LogP contribution in [0.3, 0.4) is 0 Å². The van der Waals surface area contributed by atoms with Gasteiger partial charge in [-0.2, -0.15) is 0 Å². The van der Waals surface area contributed by atoms with Crippen molar-refractivity contribution in [2.45, 2.75) is 0 Å². The van der Waals surface area contributed by atoms with E-state index in [-0.39, 0.29) is 6.54 Å². The van der Waals surface area contributed by atoms with Crippen LogP contribution in [-0.4, -0.2) is 27.1 Å². The topological polar surface area (TPSA) is 66.5 Å². The Hall–Kier alpha value is -2.05. The Morgan fingerprint density at radius 3 is 2.27 bits per heavy atom. The van der Waals surface area contributed by atoms with E-state index >= 15 is 0 Å². The molecule has 0 saturated carbocycles. The Kier molecular flexibility index (Phi) is 5.05. The van der Waals surface area contributed by atoms with Gasteiger partial charge in [-0.25, -0.2) is 8.42 Å². The van der Waals surface area contributed by atoms with Gasteiger partial charge in [0.1, 0.15) is 6.54 Å². The summed E-state index contributed by atoms with van der Waals surface area (Å²) < 4.78 is 24.9. The monoisotopic (exact) mass is 338 g/mol. The number of benzene rings is 2. The molecule has 0 radical (unpaired) electrons. The summed E-state index contributed by atoms with van der Waals surface area (Å²) in [5.74, 6) is -0.470. The van der Waals surface area contributed by atoms with Gasteiger partial charge in [0.25, 0.3) is 0 Å². The second-order valence-corrected chi connectivity index (χ2v) is 6.95. The Morgan fingerprint density at radius 2 is 1.68 bits per heavy atom. The highest BCUT2D eigenvalue weighted by Gasteiger charge is 2.20. The first-order chi connectivity index (χ1) is 10.4. The number of amides is 1. The number of anilines is 2. The molecule has 0 aliphatic heterocycles. The number of sulfonamides is 1. The van der Waals surface area contributed by atoms with Crippen molar-refractivity contribution < 1.29 is 13.2 Å². The van der Waals surface area contributed by atoms with E-state index in [1.165, 1.54) is 0 Å². The standard InChI is InChI=1S/C15H15ClN2O3S/c1-22(20,21)18(12-7-3-2-4-8-12)11-15(19)17-14-10-6-5-9-13(14)16/h2-10H,11H2,1H3,(H,17,19). The van der Waals surface area contributed by atoms with Gasteiger partial charge in [-0.1, -0.05) is 41.9 Å². The van der Waals surface area contributed by atoms with E-state index in [1.54, 1.807) is 54.6 Å². The average molecular weight is 339 g/mol. The smallest absolute Gasteiger partial charge is 0.245 e. The molecule has 2 aromatic rings. The van der Waals surface area contributed by atoms with E-state index < -0.39 is 15.9 Å². The fourth-order valence-electron chi connectivity index (χ4n) is 1.88. The minimum absolute atomic E-state index is 0.325. The van der Waals surface area contributed by atoms with E-state index in [0.29, 0.717) is 16.4 Å². The van der Waals surface area contributed by atoms with Gasteiger partial charge in [0.05, 0.1) is 22.7 Å². The van der Waals surface area contributed by atoms with E-state index in [2.05, 4.69) is 5.32 Å². The van der Waals surface area contributed by atoms with Gasteiger partial charge in [-0.3, -0.25) is 9.10 Å². The summed E-state index contributed by atoms with van der Waals surface area (Å²) in [5.41, 5.74) is 0.870. The Bertz CT molecular complexity index is 763. The molecular formula is C15H15ClN2O3S. The summed E-state index contributed by atoms with van der Waals surface area (Å²) in [6.07, 6.45) is 1.06. The molecule has 116 valence electrons. The molecule has 5 nitrogen and oxygen atoms in total. The summed E-state index contributed by atoms with van der Waals surface area (Å²) >= 11 is 5.97. The van der Waals surface area contributed by atoms with Gasteiger partial charge in [0.2, 0.25) is 15.9 Å². The van der Waals surface area contributed by atoms with Crippen LogP contribution >= 0.6 is 11.6 Å². The zero-order valence-electron chi connectivity index (χ0n) is 11.9. The third-order valence-corrected chi connectivity index (χ3v) is 4.35. The molecule has 0 spiro atoms. The fraction of sp³-hybridized carbons (Fsp3) is 0.133. The third-order valence-electron chi connectivity index (χ3n) is 2.88. The van der Waals surface area contributed by atoms with Gasteiger partial charge in [-0.15, -0.1) is 0 Å². The van der Waals surface area contributed by atoms with Crippen LogP contribution in [-0.2, 0) is 14.8 Å². The van der Waals surface area contributed by atoms with Crippen LogP contribution in [0.25, 0.3) is 0 Å². The molecule has 0 saturated heterocycles. The van der Waals surface area contributed by atoms with Crippen LogP contribution in [0.2, 0.25) is 5.02 Å². The molecule has 7 heteroatoms. The first-order valence-electron chi connectivity index (χ1n) is 6.45. The lowest BCUT2D eigenvalue weighted by Gasteiger charge is -2.21. The number of halogens is 1. The van der Waals surface area contributed by atoms with Crippen molar-refractivity contribution in [3.05, 3.63) is 59.6 Å². The van der Waals surface area contributed by atoms with Crippen LogP contribution in [0.4, 0.5) is 11.4 Å². The second kappa shape index (κ2) is 6.81. The van der Waals surface area contributed by atoms with Crippen molar-refractivity contribution in [1.29, 1.82) is 0 Å². The number of rotatable bonds is 5. The minimum atomic E-state index is -3.58. The van der Waals surface area contributed by atoms with Crippen molar-refractivity contribution in [3.63, 3.8) is 0 Å². The molecule has 0 aliphatic rings. The van der Waals surface area contributed by atoms with Crippen LogP contribution in [0, 0.1) is 0 Å².